The van der Waals surface area contributed by atoms with Crippen molar-refractivity contribution in [1.29, 1.82) is 0 Å². The van der Waals surface area contributed by atoms with Crippen LogP contribution in [0, 0.1) is 10.5 Å². The molecule has 0 nitrogen and oxygen atoms in total. The molecule has 0 aliphatic rings. The molecule has 0 amide bonds. The number of hydrogen-bond acceptors (Lipinski definition) is 0. The summed E-state index contributed by atoms with van der Waals surface area (Å²) >= 11 is 2.37. The summed E-state index contributed by atoms with van der Waals surface area (Å²) in [7, 11) is 0. The molecule has 0 aliphatic carbocycles. The fraction of sp³-hybridized carbons (Fsp3) is 0.0476. The summed E-state index contributed by atoms with van der Waals surface area (Å²) in [6.45, 7) is 2.14. The number of benzene rings is 4. The van der Waals surface area contributed by atoms with E-state index in [0.717, 1.165) is 0 Å². The molecule has 0 fully saturated rings. The topological polar surface area (TPSA) is 0 Å². The highest BCUT2D eigenvalue weighted by atomic mass is 127. The standard InChI is InChI=1S/C21H15I/c1-14-3-2-4-15(11-14)16-7-9-20-17(12-16)5-6-18-13-19(22)8-10-21(18)20/h2-13H,1H3. The van der Waals surface area contributed by atoms with Crippen LogP contribution >= 0.6 is 22.6 Å². The smallest absolute Gasteiger partial charge is 0.0136 e. The van der Waals surface area contributed by atoms with Crippen molar-refractivity contribution in [3.05, 3.63) is 81.9 Å². The Bertz CT molecular complexity index is 999. The Morgan fingerprint density at radius 3 is 2.09 bits per heavy atom. The summed E-state index contributed by atoms with van der Waals surface area (Å²) in [6.07, 6.45) is 0. The van der Waals surface area contributed by atoms with Gasteiger partial charge in [0.1, 0.15) is 0 Å². The van der Waals surface area contributed by atoms with Gasteiger partial charge in [-0.1, -0.05) is 60.2 Å². The second-order valence-corrected chi connectivity index (χ2v) is 6.98. The quantitative estimate of drug-likeness (QED) is 0.253. The highest BCUT2D eigenvalue weighted by Crippen LogP contribution is 2.30. The SMILES string of the molecule is Cc1cccc(-c2ccc3c(ccc4cc(I)ccc43)c2)c1. The maximum atomic E-state index is 2.37. The molecular formula is C21H15I. The Labute approximate surface area is 143 Å². The van der Waals surface area contributed by atoms with Crippen molar-refractivity contribution < 1.29 is 0 Å². The number of rotatable bonds is 1. The van der Waals surface area contributed by atoms with Gasteiger partial charge in [-0.15, -0.1) is 0 Å². The molecule has 0 aromatic heterocycles. The molecule has 106 valence electrons. The Balaban J connectivity index is 1.95. The van der Waals surface area contributed by atoms with E-state index in [4.69, 9.17) is 0 Å². The fourth-order valence-corrected chi connectivity index (χ4v) is 3.56. The van der Waals surface area contributed by atoms with Gasteiger partial charge >= 0.3 is 0 Å². The number of hydrogen-bond donors (Lipinski definition) is 0. The van der Waals surface area contributed by atoms with Gasteiger partial charge in [0.15, 0.2) is 0 Å². The van der Waals surface area contributed by atoms with Gasteiger partial charge in [-0.25, -0.2) is 0 Å². The van der Waals surface area contributed by atoms with E-state index in [-0.39, 0.29) is 0 Å². The van der Waals surface area contributed by atoms with E-state index >= 15 is 0 Å². The summed E-state index contributed by atoms with van der Waals surface area (Å²) in [5, 5.41) is 5.26. The van der Waals surface area contributed by atoms with E-state index in [0.29, 0.717) is 0 Å². The predicted octanol–water partition coefficient (Wildman–Crippen LogP) is 6.57. The van der Waals surface area contributed by atoms with Gasteiger partial charge in [-0.2, -0.15) is 0 Å². The van der Waals surface area contributed by atoms with Gasteiger partial charge in [0, 0.05) is 3.57 Å². The van der Waals surface area contributed by atoms with Crippen LogP contribution in [0.1, 0.15) is 5.56 Å². The van der Waals surface area contributed by atoms with Crippen LogP contribution in [0.4, 0.5) is 0 Å². The first-order chi connectivity index (χ1) is 10.7. The van der Waals surface area contributed by atoms with Crippen LogP contribution in [0.5, 0.6) is 0 Å². The lowest BCUT2D eigenvalue weighted by atomic mass is 9.97. The molecule has 0 saturated carbocycles. The van der Waals surface area contributed by atoms with Crippen LogP contribution in [0.25, 0.3) is 32.7 Å². The Hall–Kier alpha value is -1.87. The van der Waals surface area contributed by atoms with Gasteiger partial charge in [0.05, 0.1) is 0 Å². The molecule has 0 spiro atoms. The zero-order valence-electron chi connectivity index (χ0n) is 12.3. The maximum Gasteiger partial charge on any atom is 0.0136 e. The minimum absolute atomic E-state index is 1.28. The lowest BCUT2D eigenvalue weighted by Gasteiger charge is -2.08. The minimum atomic E-state index is 1.28. The molecule has 4 rings (SSSR count). The normalized spacial score (nSPS) is 11.2. The maximum absolute atomic E-state index is 2.37. The summed E-state index contributed by atoms with van der Waals surface area (Å²) in [6, 6.07) is 26.6. The third-order valence-electron chi connectivity index (χ3n) is 4.15. The summed E-state index contributed by atoms with van der Waals surface area (Å²) in [5.74, 6) is 0. The molecule has 4 aromatic rings. The first-order valence-corrected chi connectivity index (χ1v) is 8.48. The minimum Gasteiger partial charge on any atom is -0.0614 e. The largest absolute Gasteiger partial charge is 0.0614 e. The Kier molecular flexibility index (Phi) is 3.38. The van der Waals surface area contributed by atoms with E-state index in [1.807, 2.05) is 0 Å². The molecule has 0 saturated heterocycles. The predicted molar refractivity (Wildman–Crippen MR) is 104 cm³/mol. The molecule has 1 heteroatoms. The Morgan fingerprint density at radius 1 is 0.636 bits per heavy atom. The fourth-order valence-electron chi connectivity index (χ4n) is 3.05. The monoisotopic (exact) mass is 394 g/mol. The number of fused-ring (bicyclic) bond motifs is 3. The van der Waals surface area contributed by atoms with Crippen LogP contribution in [-0.4, -0.2) is 0 Å². The van der Waals surface area contributed by atoms with Crippen molar-refractivity contribution in [1.82, 2.24) is 0 Å². The van der Waals surface area contributed by atoms with Crippen molar-refractivity contribution in [3.63, 3.8) is 0 Å². The Morgan fingerprint density at radius 2 is 1.32 bits per heavy atom. The van der Waals surface area contributed by atoms with E-state index in [9.17, 15) is 0 Å². The molecule has 0 unspecified atom stereocenters. The first-order valence-electron chi connectivity index (χ1n) is 7.40. The third-order valence-corrected chi connectivity index (χ3v) is 4.82. The lowest BCUT2D eigenvalue weighted by molar-refractivity contribution is 1.47. The highest BCUT2D eigenvalue weighted by molar-refractivity contribution is 14.1. The summed E-state index contributed by atoms with van der Waals surface area (Å²) in [5.41, 5.74) is 3.86. The second kappa shape index (κ2) is 5.40. The van der Waals surface area contributed by atoms with E-state index in [2.05, 4.69) is 102 Å². The molecule has 0 heterocycles. The van der Waals surface area contributed by atoms with Gasteiger partial charge < -0.3 is 0 Å². The summed E-state index contributed by atoms with van der Waals surface area (Å²) < 4.78 is 1.28. The third kappa shape index (κ3) is 2.40. The van der Waals surface area contributed by atoms with Crippen molar-refractivity contribution in [3.8, 4) is 11.1 Å². The summed E-state index contributed by atoms with van der Waals surface area (Å²) in [4.78, 5) is 0. The van der Waals surface area contributed by atoms with Crippen LogP contribution in [0.2, 0.25) is 0 Å². The van der Waals surface area contributed by atoms with Crippen molar-refractivity contribution in [2.24, 2.45) is 0 Å². The van der Waals surface area contributed by atoms with Crippen molar-refractivity contribution in [2.75, 3.05) is 0 Å². The zero-order valence-corrected chi connectivity index (χ0v) is 14.5. The van der Waals surface area contributed by atoms with Crippen molar-refractivity contribution in [2.45, 2.75) is 6.92 Å². The highest BCUT2D eigenvalue weighted by Gasteiger charge is 2.04. The van der Waals surface area contributed by atoms with Crippen LogP contribution in [-0.2, 0) is 0 Å². The van der Waals surface area contributed by atoms with Gasteiger partial charge in [0.25, 0.3) is 0 Å². The molecule has 0 N–H and O–H groups in total. The van der Waals surface area contributed by atoms with Gasteiger partial charge in [0.2, 0.25) is 0 Å². The number of halogens is 1. The van der Waals surface area contributed by atoms with Gasteiger partial charge in [-0.05, 0) is 80.4 Å². The zero-order chi connectivity index (χ0) is 15.1. The van der Waals surface area contributed by atoms with Crippen LogP contribution in [0.15, 0.2) is 72.8 Å². The molecule has 22 heavy (non-hydrogen) atoms. The van der Waals surface area contributed by atoms with Crippen LogP contribution < -0.4 is 0 Å². The van der Waals surface area contributed by atoms with Gasteiger partial charge in [-0.3, -0.25) is 0 Å². The van der Waals surface area contributed by atoms with E-state index in [1.165, 1.54) is 41.8 Å². The first kappa shape index (κ1) is 13.8. The van der Waals surface area contributed by atoms with Crippen molar-refractivity contribution >= 4 is 44.1 Å². The average Bonchev–Trinajstić information content (AvgIpc) is 2.54. The molecular weight excluding hydrogens is 379 g/mol. The second-order valence-electron chi connectivity index (χ2n) is 5.74. The lowest BCUT2D eigenvalue weighted by Crippen LogP contribution is -1.83. The molecule has 0 radical (unpaired) electrons. The molecule has 4 aromatic carbocycles. The molecule has 0 aliphatic heterocycles. The average molecular weight is 394 g/mol. The van der Waals surface area contributed by atoms with Crippen LogP contribution in [0.3, 0.4) is 0 Å². The van der Waals surface area contributed by atoms with E-state index in [1.54, 1.807) is 0 Å². The number of aryl methyl sites for hydroxylation is 1. The molecule has 0 bridgehead atoms. The van der Waals surface area contributed by atoms with E-state index < -0.39 is 0 Å². The molecule has 0 atom stereocenters.